The van der Waals surface area contributed by atoms with E-state index in [2.05, 4.69) is 38.1 Å². The minimum atomic E-state index is -0.0507. The van der Waals surface area contributed by atoms with Gasteiger partial charge < -0.3 is 20.5 Å². The lowest BCUT2D eigenvalue weighted by atomic mass is 10.2. The van der Waals surface area contributed by atoms with Gasteiger partial charge in [0.05, 0.1) is 0 Å². The van der Waals surface area contributed by atoms with E-state index in [1.807, 2.05) is 29.7 Å². The molecule has 2 aromatic rings. The number of benzene rings is 1. The predicted octanol–water partition coefficient (Wildman–Crippen LogP) is 1.22. The van der Waals surface area contributed by atoms with Gasteiger partial charge >= 0.3 is 0 Å². The van der Waals surface area contributed by atoms with Crippen LogP contribution in [0.3, 0.4) is 0 Å². The van der Waals surface area contributed by atoms with Gasteiger partial charge in [-0.2, -0.15) is 0 Å². The summed E-state index contributed by atoms with van der Waals surface area (Å²) in [5.41, 5.74) is 0.677. The minimum absolute atomic E-state index is 0.0507. The van der Waals surface area contributed by atoms with Crippen LogP contribution in [0, 0.1) is 0 Å². The molecule has 0 fully saturated rings. The standard InChI is InChI=1S/C19H29N7O/c1-3-17-25-24-15-26(17)14-13-23-19(20-4-2)22-12-8-11-21-18(27)16-9-6-5-7-10-16/h5-7,9-10,15H,3-4,8,11-14H2,1-2H3,(H,21,27)(H2,20,22,23). The van der Waals surface area contributed by atoms with Crippen molar-refractivity contribution in [1.29, 1.82) is 0 Å². The van der Waals surface area contributed by atoms with E-state index in [9.17, 15) is 4.79 Å². The molecule has 0 saturated heterocycles. The molecule has 8 nitrogen and oxygen atoms in total. The van der Waals surface area contributed by atoms with Crippen molar-refractivity contribution < 1.29 is 4.79 Å². The van der Waals surface area contributed by atoms with Crippen molar-refractivity contribution in [2.75, 3.05) is 26.2 Å². The summed E-state index contributed by atoms with van der Waals surface area (Å²) in [4.78, 5) is 16.5. The van der Waals surface area contributed by atoms with Crippen LogP contribution >= 0.6 is 0 Å². The van der Waals surface area contributed by atoms with Gasteiger partial charge in [0.1, 0.15) is 12.2 Å². The Balaban J connectivity index is 1.69. The molecule has 0 aliphatic carbocycles. The summed E-state index contributed by atoms with van der Waals surface area (Å²) in [6.07, 6.45) is 3.39. The van der Waals surface area contributed by atoms with Crippen molar-refractivity contribution in [3.05, 3.63) is 48.0 Å². The second-order valence-electron chi connectivity index (χ2n) is 5.96. The topological polar surface area (TPSA) is 96.2 Å². The zero-order valence-electron chi connectivity index (χ0n) is 16.1. The van der Waals surface area contributed by atoms with Crippen molar-refractivity contribution >= 4 is 11.9 Å². The van der Waals surface area contributed by atoms with Crippen LogP contribution in [-0.4, -0.2) is 52.8 Å². The zero-order chi connectivity index (χ0) is 19.3. The zero-order valence-corrected chi connectivity index (χ0v) is 16.1. The second-order valence-corrected chi connectivity index (χ2v) is 5.96. The number of hydrogen-bond donors (Lipinski definition) is 3. The first-order chi connectivity index (χ1) is 13.2. The van der Waals surface area contributed by atoms with Gasteiger partial charge in [-0.05, 0) is 25.5 Å². The largest absolute Gasteiger partial charge is 0.357 e. The van der Waals surface area contributed by atoms with Gasteiger partial charge in [-0.3, -0.25) is 9.79 Å². The smallest absolute Gasteiger partial charge is 0.251 e. The minimum Gasteiger partial charge on any atom is -0.357 e. The van der Waals surface area contributed by atoms with Crippen LogP contribution in [-0.2, 0) is 13.0 Å². The summed E-state index contributed by atoms with van der Waals surface area (Å²) in [5.74, 6) is 1.70. The molecule has 0 aliphatic heterocycles. The average molecular weight is 371 g/mol. The van der Waals surface area contributed by atoms with E-state index in [0.29, 0.717) is 18.7 Å². The second kappa shape index (κ2) is 11.7. The number of aromatic nitrogens is 3. The highest BCUT2D eigenvalue weighted by atomic mass is 16.1. The lowest BCUT2D eigenvalue weighted by Gasteiger charge is -2.12. The fraction of sp³-hybridized carbons (Fsp3) is 0.474. The van der Waals surface area contributed by atoms with E-state index in [0.717, 1.165) is 44.3 Å². The van der Waals surface area contributed by atoms with E-state index in [-0.39, 0.29) is 5.91 Å². The predicted molar refractivity (Wildman–Crippen MR) is 107 cm³/mol. The normalized spacial score (nSPS) is 11.3. The molecule has 2 rings (SSSR count). The van der Waals surface area contributed by atoms with Crippen molar-refractivity contribution in [2.45, 2.75) is 33.2 Å². The van der Waals surface area contributed by atoms with Gasteiger partial charge in [-0.25, -0.2) is 0 Å². The molecule has 1 aromatic carbocycles. The van der Waals surface area contributed by atoms with Gasteiger partial charge in [0, 0.05) is 44.7 Å². The highest BCUT2D eigenvalue weighted by molar-refractivity contribution is 5.94. The van der Waals surface area contributed by atoms with Gasteiger partial charge in [-0.1, -0.05) is 25.1 Å². The van der Waals surface area contributed by atoms with Crippen molar-refractivity contribution in [3.8, 4) is 0 Å². The van der Waals surface area contributed by atoms with E-state index in [1.165, 1.54) is 0 Å². The lowest BCUT2D eigenvalue weighted by molar-refractivity contribution is 0.0953. The van der Waals surface area contributed by atoms with Gasteiger partial charge in [0.25, 0.3) is 5.91 Å². The maximum Gasteiger partial charge on any atom is 0.251 e. The molecule has 0 unspecified atom stereocenters. The number of guanidine groups is 1. The van der Waals surface area contributed by atoms with Crippen LogP contribution in [0.4, 0.5) is 0 Å². The third-order valence-electron chi connectivity index (χ3n) is 3.93. The number of amides is 1. The fourth-order valence-corrected chi connectivity index (χ4v) is 2.54. The molecule has 1 amide bonds. The summed E-state index contributed by atoms with van der Waals surface area (Å²) >= 11 is 0. The Morgan fingerprint density at radius 2 is 1.93 bits per heavy atom. The molecular formula is C19H29N7O. The maximum atomic E-state index is 12.0. The first-order valence-corrected chi connectivity index (χ1v) is 9.46. The number of aryl methyl sites for hydroxylation is 1. The van der Waals surface area contributed by atoms with Crippen molar-refractivity contribution in [1.82, 2.24) is 30.7 Å². The molecule has 0 atom stereocenters. The fourth-order valence-electron chi connectivity index (χ4n) is 2.54. The monoisotopic (exact) mass is 371 g/mol. The third kappa shape index (κ3) is 7.08. The number of hydrogen-bond acceptors (Lipinski definition) is 4. The third-order valence-corrected chi connectivity index (χ3v) is 3.93. The van der Waals surface area contributed by atoms with E-state index < -0.39 is 0 Å². The molecule has 8 heteroatoms. The number of aliphatic imine (C=N–C) groups is 1. The van der Waals surface area contributed by atoms with Crippen LogP contribution < -0.4 is 16.0 Å². The van der Waals surface area contributed by atoms with Crippen LogP contribution in [0.2, 0.25) is 0 Å². The van der Waals surface area contributed by atoms with Crippen LogP contribution in [0.5, 0.6) is 0 Å². The highest BCUT2D eigenvalue weighted by Crippen LogP contribution is 1.97. The number of carbonyl (C=O) groups is 1. The number of nitrogens with zero attached hydrogens (tertiary/aromatic N) is 4. The number of rotatable bonds is 10. The molecule has 0 radical (unpaired) electrons. The summed E-state index contributed by atoms with van der Waals surface area (Å²) < 4.78 is 2.04. The first kappa shape index (κ1) is 20.4. The molecule has 1 heterocycles. The summed E-state index contributed by atoms with van der Waals surface area (Å²) in [5, 5.41) is 17.5. The van der Waals surface area contributed by atoms with Gasteiger partial charge in [0.15, 0.2) is 5.96 Å². The molecular weight excluding hydrogens is 342 g/mol. The summed E-state index contributed by atoms with van der Waals surface area (Å²) in [6, 6.07) is 9.22. The first-order valence-electron chi connectivity index (χ1n) is 9.46. The molecule has 0 aliphatic rings. The number of nitrogens with one attached hydrogen (secondary N) is 3. The molecule has 1 aromatic heterocycles. The van der Waals surface area contributed by atoms with E-state index >= 15 is 0 Å². The summed E-state index contributed by atoms with van der Waals surface area (Å²) in [7, 11) is 0. The van der Waals surface area contributed by atoms with Gasteiger partial charge in [0.2, 0.25) is 0 Å². The summed E-state index contributed by atoms with van der Waals surface area (Å²) in [6.45, 7) is 7.65. The SMILES string of the molecule is CCNC(=NCCCNC(=O)c1ccccc1)NCCn1cnnc1CC. The molecule has 146 valence electrons. The van der Waals surface area contributed by atoms with Crippen LogP contribution in [0.25, 0.3) is 0 Å². The Hall–Kier alpha value is -2.90. The van der Waals surface area contributed by atoms with E-state index in [4.69, 9.17) is 0 Å². The molecule has 0 saturated carbocycles. The number of carbonyl (C=O) groups excluding carboxylic acids is 1. The Labute approximate surface area is 160 Å². The molecule has 0 bridgehead atoms. The highest BCUT2D eigenvalue weighted by Gasteiger charge is 2.04. The average Bonchev–Trinajstić information content (AvgIpc) is 3.15. The van der Waals surface area contributed by atoms with Gasteiger partial charge in [-0.15, -0.1) is 10.2 Å². The Morgan fingerprint density at radius 3 is 2.67 bits per heavy atom. The molecule has 0 spiro atoms. The maximum absolute atomic E-state index is 12.0. The molecule has 27 heavy (non-hydrogen) atoms. The Kier molecular flexibility index (Phi) is 8.82. The quantitative estimate of drug-likeness (QED) is 0.331. The van der Waals surface area contributed by atoms with Crippen LogP contribution in [0.15, 0.2) is 41.7 Å². The van der Waals surface area contributed by atoms with Crippen molar-refractivity contribution in [3.63, 3.8) is 0 Å². The van der Waals surface area contributed by atoms with Crippen LogP contribution in [0.1, 0.15) is 36.5 Å². The Bertz CT molecular complexity index is 712. The molecule has 3 N–H and O–H groups in total. The van der Waals surface area contributed by atoms with Crippen molar-refractivity contribution in [2.24, 2.45) is 4.99 Å². The van der Waals surface area contributed by atoms with E-state index in [1.54, 1.807) is 18.5 Å². The Morgan fingerprint density at radius 1 is 1.11 bits per heavy atom. The lowest BCUT2D eigenvalue weighted by Crippen LogP contribution is -2.39.